The Balaban J connectivity index is 2.28. The second-order valence-corrected chi connectivity index (χ2v) is 5.57. The minimum absolute atomic E-state index is 0.116. The highest BCUT2D eigenvalue weighted by Crippen LogP contribution is 2.33. The van der Waals surface area contributed by atoms with Gasteiger partial charge in [-0.3, -0.25) is 4.79 Å². The first-order chi connectivity index (χ1) is 10.5. The van der Waals surface area contributed by atoms with Crippen LogP contribution in [0.4, 0.5) is 8.78 Å². The molecule has 120 valence electrons. The number of amides is 1. The van der Waals surface area contributed by atoms with E-state index in [2.05, 4.69) is 15.9 Å². The molecule has 0 fully saturated rings. The Morgan fingerprint density at radius 1 is 1.41 bits per heavy atom. The molecule has 0 unspecified atom stereocenters. The first-order valence-electron chi connectivity index (χ1n) is 6.73. The Morgan fingerprint density at radius 3 is 2.82 bits per heavy atom. The van der Waals surface area contributed by atoms with Crippen molar-refractivity contribution < 1.29 is 23.0 Å². The first kappa shape index (κ1) is 16.9. The van der Waals surface area contributed by atoms with Gasteiger partial charge in [0.05, 0.1) is 6.54 Å². The van der Waals surface area contributed by atoms with Crippen LogP contribution >= 0.6 is 15.9 Å². The van der Waals surface area contributed by atoms with Gasteiger partial charge in [0.15, 0.2) is 6.79 Å². The molecule has 7 heteroatoms. The van der Waals surface area contributed by atoms with E-state index in [-0.39, 0.29) is 19.1 Å². The maximum Gasteiger partial charge on any atom is 0.256 e. The highest BCUT2D eigenvalue weighted by molar-refractivity contribution is 9.10. The number of carbonyl (C=O) groups is 1. The van der Waals surface area contributed by atoms with Crippen LogP contribution in [0, 0.1) is 0 Å². The smallest absolute Gasteiger partial charge is 0.256 e. The third-order valence-electron chi connectivity index (χ3n) is 3.17. The predicted octanol–water partition coefficient (Wildman–Crippen LogP) is 3.66. The number of halogens is 3. The van der Waals surface area contributed by atoms with Gasteiger partial charge in [-0.2, -0.15) is 0 Å². The van der Waals surface area contributed by atoms with Crippen molar-refractivity contribution in [3.8, 4) is 5.75 Å². The molecule has 1 aliphatic heterocycles. The number of hydrogen-bond donors (Lipinski definition) is 0. The lowest BCUT2D eigenvalue weighted by atomic mass is 10.0. The molecule has 0 saturated carbocycles. The molecule has 4 nitrogen and oxygen atoms in total. The Kier molecular flexibility index (Phi) is 5.90. The molecule has 22 heavy (non-hydrogen) atoms. The number of alkyl halides is 2. The number of allylic oxidation sites excluding steroid dienone is 1. The fraction of sp³-hybridized carbons (Fsp3) is 0.400. The Labute approximate surface area is 135 Å². The van der Waals surface area contributed by atoms with E-state index in [9.17, 15) is 13.6 Å². The Bertz CT molecular complexity index is 578. The van der Waals surface area contributed by atoms with Crippen LogP contribution in [0.25, 0.3) is 5.70 Å². The van der Waals surface area contributed by atoms with Gasteiger partial charge in [0.2, 0.25) is 5.91 Å². The number of methoxy groups -OCH3 is 1. The Hall–Kier alpha value is -1.47. The molecule has 0 spiro atoms. The van der Waals surface area contributed by atoms with Crippen LogP contribution in [-0.2, 0) is 9.53 Å². The van der Waals surface area contributed by atoms with Gasteiger partial charge in [0.1, 0.15) is 5.75 Å². The van der Waals surface area contributed by atoms with Crippen molar-refractivity contribution in [2.75, 3.05) is 20.4 Å². The van der Waals surface area contributed by atoms with Crippen molar-refractivity contribution in [3.63, 3.8) is 0 Å². The monoisotopic (exact) mass is 375 g/mol. The summed E-state index contributed by atoms with van der Waals surface area (Å²) in [5.74, 6) is 0.296. The molecular formula is C15H16BrF2NO3. The Morgan fingerprint density at radius 2 is 2.18 bits per heavy atom. The maximum absolute atomic E-state index is 12.7. The summed E-state index contributed by atoms with van der Waals surface area (Å²) in [5, 5.41) is 0. The third-order valence-corrected chi connectivity index (χ3v) is 3.82. The summed E-state index contributed by atoms with van der Waals surface area (Å²) in [6, 6.07) is 5.16. The minimum Gasteiger partial charge on any atom is -0.468 e. The van der Waals surface area contributed by atoms with Crippen molar-refractivity contribution in [2.45, 2.75) is 19.3 Å². The van der Waals surface area contributed by atoms with Gasteiger partial charge in [-0.1, -0.05) is 6.08 Å². The molecule has 1 aromatic carbocycles. The molecule has 0 N–H and O–H groups in total. The zero-order valence-corrected chi connectivity index (χ0v) is 13.6. The topological polar surface area (TPSA) is 38.8 Å². The van der Waals surface area contributed by atoms with Gasteiger partial charge >= 0.3 is 0 Å². The normalized spacial score (nSPS) is 15.2. The molecule has 0 radical (unpaired) electrons. The van der Waals surface area contributed by atoms with Crippen molar-refractivity contribution in [1.29, 1.82) is 0 Å². The van der Waals surface area contributed by atoms with Gasteiger partial charge in [-0.15, -0.1) is 0 Å². The molecule has 0 saturated heterocycles. The molecule has 1 amide bonds. The number of rotatable bonds is 6. The average molecular weight is 376 g/mol. The summed E-state index contributed by atoms with van der Waals surface area (Å²) in [5.41, 5.74) is 1.18. The summed E-state index contributed by atoms with van der Waals surface area (Å²) in [7, 11) is 1.52. The molecule has 0 aromatic heterocycles. The fourth-order valence-electron chi connectivity index (χ4n) is 2.23. The molecule has 0 bridgehead atoms. The molecular weight excluding hydrogens is 360 g/mol. The zero-order chi connectivity index (χ0) is 16.1. The van der Waals surface area contributed by atoms with Gasteiger partial charge in [-0.05, 0) is 40.5 Å². The number of hydrogen-bond acceptors (Lipinski definition) is 3. The third kappa shape index (κ3) is 4.04. The molecule has 0 atom stereocenters. The summed E-state index contributed by atoms with van der Waals surface area (Å²) in [6.45, 7) is -0.483. The molecule has 1 aromatic rings. The van der Waals surface area contributed by atoms with E-state index >= 15 is 0 Å². The van der Waals surface area contributed by atoms with Crippen LogP contribution in [0.15, 0.2) is 28.7 Å². The van der Waals surface area contributed by atoms with E-state index in [0.29, 0.717) is 27.9 Å². The van der Waals surface area contributed by atoms with Crippen LogP contribution < -0.4 is 4.74 Å². The zero-order valence-electron chi connectivity index (χ0n) is 12.0. The second kappa shape index (κ2) is 7.69. The van der Waals surface area contributed by atoms with Crippen molar-refractivity contribution in [1.82, 2.24) is 4.90 Å². The maximum atomic E-state index is 12.7. The van der Waals surface area contributed by atoms with E-state index in [1.807, 2.05) is 0 Å². The van der Waals surface area contributed by atoms with E-state index in [1.165, 1.54) is 7.11 Å². The minimum atomic E-state index is -2.58. The van der Waals surface area contributed by atoms with Crippen LogP contribution in [-0.4, -0.2) is 37.7 Å². The quantitative estimate of drug-likeness (QED) is 0.712. The van der Waals surface area contributed by atoms with Gasteiger partial charge in [-0.25, -0.2) is 8.78 Å². The standard InChI is InChI=1S/C15H16BrF2NO3/c1-21-9-22-10-5-6-11(12(16)7-10)13-3-2-4-15(20)19(13)8-14(17)18/h3,5-7,14H,2,4,8-9H2,1H3. The summed E-state index contributed by atoms with van der Waals surface area (Å²) < 4.78 is 36.2. The second-order valence-electron chi connectivity index (χ2n) is 4.72. The first-order valence-corrected chi connectivity index (χ1v) is 7.52. The van der Waals surface area contributed by atoms with Gasteiger partial charge in [0.25, 0.3) is 6.43 Å². The molecule has 1 heterocycles. The number of benzene rings is 1. The lowest BCUT2D eigenvalue weighted by Crippen LogP contribution is -2.35. The highest BCUT2D eigenvalue weighted by Gasteiger charge is 2.26. The van der Waals surface area contributed by atoms with Crippen molar-refractivity contribution >= 4 is 27.5 Å². The van der Waals surface area contributed by atoms with Crippen molar-refractivity contribution in [3.05, 3.63) is 34.3 Å². The molecule has 1 aliphatic rings. The van der Waals surface area contributed by atoms with Crippen LogP contribution in [0.5, 0.6) is 5.75 Å². The van der Waals surface area contributed by atoms with E-state index in [0.717, 1.165) is 4.90 Å². The van der Waals surface area contributed by atoms with Crippen molar-refractivity contribution in [2.24, 2.45) is 0 Å². The van der Waals surface area contributed by atoms with Gasteiger partial charge < -0.3 is 14.4 Å². The summed E-state index contributed by atoms with van der Waals surface area (Å²) in [4.78, 5) is 13.1. The number of ether oxygens (including phenoxy) is 2. The predicted molar refractivity (Wildman–Crippen MR) is 81.6 cm³/mol. The van der Waals surface area contributed by atoms with Crippen LogP contribution in [0.2, 0.25) is 0 Å². The lowest BCUT2D eigenvalue weighted by Gasteiger charge is -2.29. The number of carbonyl (C=O) groups excluding carboxylic acids is 1. The van der Waals surface area contributed by atoms with Crippen LogP contribution in [0.1, 0.15) is 18.4 Å². The average Bonchev–Trinajstić information content (AvgIpc) is 2.47. The van der Waals surface area contributed by atoms with Gasteiger partial charge in [0, 0.05) is 29.3 Å². The lowest BCUT2D eigenvalue weighted by molar-refractivity contribution is -0.129. The van der Waals surface area contributed by atoms with E-state index in [4.69, 9.17) is 9.47 Å². The highest BCUT2D eigenvalue weighted by atomic mass is 79.9. The largest absolute Gasteiger partial charge is 0.468 e. The van der Waals surface area contributed by atoms with E-state index < -0.39 is 13.0 Å². The summed E-state index contributed by atoms with van der Waals surface area (Å²) >= 11 is 3.40. The number of nitrogens with zero attached hydrogens (tertiary/aromatic N) is 1. The molecule has 0 aliphatic carbocycles. The SMILES string of the molecule is COCOc1ccc(C2=CCCC(=O)N2CC(F)F)c(Br)c1. The summed E-state index contributed by atoms with van der Waals surface area (Å²) in [6.07, 6.45) is 0.0265. The molecule has 2 rings (SSSR count). The van der Waals surface area contributed by atoms with Crippen LogP contribution in [0.3, 0.4) is 0 Å². The fourth-order valence-corrected chi connectivity index (χ4v) is 2.79. The van der Waals surface area contributed by atoms with E-state index in [1.54, 1.807) is 24.3 Å².